The Balaban J connectivity index is 1.54. The van der Waals surface area contributed by atoms with Gasteiger partial charge in [-0.25, -0.2) is 0 Å². The lowest BCUT2D eigenvalue weighted by Crippen LogP contribution is -2.66. The molecular weight excluding hydrogens is 488 g/mol. The molecular formula is C34H52O5. The number of hydrogen-bond acceptors (Lipinski definition) is 5. The van der Waals surface area contributed by atoms with Gasteiger partial charge in [-0.2, -0.15) is 0 Å². The Bertz CT molecular complexity index is 1100. The number of ether oxygens (including phenoxy) is 2. The van der Waals surface area contributed by atoms with Crippen molar-refractivity contribution in [3.8, 4) is 0 Å². The highest BCUT2D eigenvalue weighted by Crippen LogP contribution is 2.76. The summed E-state index contributed by atoms with van der Waals surface area (Å²) < 4.78 is 11.6. The highest BCUT2D eigenvalue weighted by atomic mass is 16.5. The average molecular weight is 541 g/mol. The molecule has 1 unspecified atom stereocenters. The first-order valence-electron chi connectivity index (χ1n) is 15.6. The summed E-state index contributed by atoms with van der Waals surface area (Å²) in [4.78, 5) is 37.4. The van der Waals surface area contributed by atoms with E-state index in [-0.39, 0.29) is 56.8 Å². The number of hydrogen-bond donors (Lipinski definition) is 0. The highest BCUT2D eigenvalue weighted by molar-refractivity contribution is 6.00. The van der Waals surface area contributed by atoms with Crippen molar-refractivity contribution >= 4 is 17.7 Å². The lowest BCUT2D eigenvalue weighted by molar-refractivity contribution is -0.233. The van der Waals surface area contributed by atoms with Crippen LogP contribution in [0.3, 0.4) is 0 Å². The Morgan fingerprint density at radius 2 is 1.54 bits per heavy atom. The molecule has 0 radical (unpaired) electrons. The second-order valence-electron chi connectivity index (χ2n) is 15.7. The standard InChI is InChI=1S/C34H52O5/c1-20(2)28-24(37)18-34(19-38-21(3)35)17-16-32(8)23(29(28)34)10-11-26-31(7)14-13-27(39-22(4)36)30(5,6)25(31)12-15-33(26,32)9/h20,23,25-27H,10-19H2,1-9H3/t23-,25+,26-,27?,31+,32-,33-,34+/m1/s1. The normalized spacial score (nSPS) is 44.7. The molecule has 218 valence electrons. The minimum atomic E-state index is -0.319. The van der Waals surface area contributed by atoms with Crippen LogP contribution in [0.2, 0.25) is 0 Å². The summed E-state index contributed by atoms with van der Waals surface area (Å²) in [5.41, 5.74) is 2.51. The fraction of sp³-hybridized carbons (Fsp3) is 0.853. The lowest BCUT2D eigenvalue weighted by atomic mass is 9.33. The minimum Gasteiger partial charge on any atom is -0.465 e. The molecule has 4 fully saturated rings. The maximum Gasteiger partial charge on any atom is 0.302 e. The zero-order valence-corrected chi connectivity index (χ0v) is 26.0. The number of allylic oxidation sites excluding steroid dienone is 1. The Labute approximate surface area is 236 Å². The zero-order chi connectivity index (χ0) is 28.8. The van der Waals surface area contributed by atoms with Gasteiger partial charge in [0.1, 0.15) is 12.7 Å². The van der Waals surface area contributed by atoms with Crippen LogP contribution in [0.5, 0.6) is 0 Å². The minimum absolute atomic E-state index is 0.0100. The van der Waals surface area contributed by atoms with Gasteiger partial charge in [-0.3, -0.25) is 14.4 Å². The van der Waals surface area contributed by atoms with E-state index in [2.05, 4.69) is 48.5 Å². The molecule has 0 aromatic heterocycles. The van der Waals surface area contributed by atoms with Crippen LogP contribution in [0.25, 0.3) is 0 Å². The van der Waals surface area contributed by atoms with Gasteiger partial charge in [0.2, 0.25) is 0 Å². The predicted octanol–water partition coefficient (Wildman–Crippen LogP) is 7.46. The van der Waals surface area contributed by atoms with Crippen molar-refractivity contribution in [2.24, 2.45) is 50.7 Å². The van der Waals surface area contributed by atoms with Crippen molar-refractivity contribution in [3.05, 3.63) is 11.1 Å². The third kappa shape index (κ3) is 3.94. The second-order valence-corrected chi connectivity index (χ2v) is 15.7. The molecule has 0 N–H and O–H groups in total. The third-order valence-corrected chi connectivity index (χ3v) is 13.4. The van der Waals surface area contributed by atoms with Gasteiger partial charge in [-0.1, -0.05) is 48.5 Å². The molecule has 0 aromatic rings. The summed E-state index contributed by atoms with van der Waals surface area (Å²) in [6.45, 7) is 20.1. The molecule has 0 aromatic carbocycles. The van der Waals surface area contributed by atoms with Crippen molar-refractivity contribution in [3.63, 3.8) is 0 Å². The molecule has 0 heterocycles. The Kier molecular flexibility index (Phi) is 6.79. The molecule has 5 nitrogen and oxygen atoms in total. The fourth-order valence-electron chi connectivity index (χ4n) is 11.5. The quantitative estimate of drug-likeness (QED) is 0.346. The molecule has 8 atom stereocenters. The van der Waals surface area contributed by atoms with E-state index >= 15 is 0 Å². The molecule has 0 saturated heterocycles. The van der Waals surface area contributed by atoms with Gasteiger partial charge in [0, 0.05) is 31.1 Å². The van der Waals surface area contributed by atoms with Gasteiger partial charge in [0.05, 0.1) is 0 Å². The van der Waals surface area contributed by atoms with E-state index in [9.17, 15) is 14.4 Å². The monoisotopic (exact) mass is 540 g/mol. The van der Waals surface area contributed by atoms with E-state index < -0.39 is 0 Å². The molecule has 39 heavy (non-hydrogen) atoms. The van der Waals surface area contributed by atoms with Crippen molar-refractivity contribution < 1.29 is 23.9 Å². The maximum absolute atomic E-state index is 13.6. The number of esters is 2. The number of rotatable bonds is 4. The summed E-state index contributed by atoms with van der Waals surface area (Å²) in [5, 5.41) is 0. The first kappa shape index (κ1) is 28.9. The Morgan fingerprint density at radius 3 is 2.15 bits per heavy atom. The Hall–Kier alpha value is -1.65. The molecule has 0 amide bonds. The van der Waals surface area contributed by atoms with Gasteiger partial charge in [0.25, 0.3) is 0 Å². The summed E-state index contributed by atoms with van der Waals surface area (Å²) in [7, 11) is 0. The Morgan fingerprint density at radius 1 is 0.846 bits per heavy atom. The molecule has 5 rings (SSSR count). The van der Waals surface area contributed by atoms with E-state index in [1.54, 1.807) is 6.92 Å². The van der Waals surface area contributed by atoms with Crippen LogP contribution in [-0.4, -0.2) is 30.4 Å². The zero-order valence-electron chi connectivity index (χ0n) is 26.0. The first-order valence-corrected chi connectivity index (χ1v) is 15.6. The molecule has 0 spiro atoms. The third-order valence-electron chi connectivity index (χ3n) is 13.4. The second kappa shape index (κ2) is 9.18. The van der Waals surface area contributed by atoms with E-state index in [1.807, 2.05) is 0 Å². The van der Waals surface area contributed by atoms with Gasteiger partial charge >= 0.3 is 11.9 Å². The van der Waals surface area contributed by atoms with Gasteiger partial charge in [-0.05, 0) is 102 Å². The van der Waals surface area contributed by atoms with Gasteiger partial charge in [0.15, 0.2) is 5.78 Å². The predicted molar refractivity (Wildman–Crippen MR) is 152 cm³/mol. The number of ketones is 1. The molecule has 0 bridgehead atoms. The smallest absolute Gasteiger partial charge is 0.302 e. The first-order chi connectivity index (χ1) is 18.0. The van der Waals surface area contributed by atoms with Crippen molar-refractivity contribution in [1.29, 1.82) is 0 Å². The fourth-order valence-corrected chi connectivity index (χ4v) is 11.5. The summed E-state index contributed by atoms with van der Waals surface area (Å²) in [5.74, 6) is 1.53. The number of carbonyl (C=O) groups is 3. The van der Waals surface area contributed by atoms with Crippen molar-refractivity contribution in [2.45, 2.75) is 126 Å². The van der Waals surface area contributed by atoms with E-state index in [0.29, 0.717) is 30.8 Å². The highest BCUT2D eigenvalue weighted by Gasteiger charge is 2.70. The lowest BCUT2D eigenvalue weighted by Gasteiger charge is -2.72. The van der Waals surface area contributed by atoms with E-state index in [4.69, 9.17) is 9.47 Å². The summed E-state index contributed by atoms with van der Waals surface area (Å²) in [6.07, 6.45) is 9.15. The summed E-state index contributed by atoms with van der Waals surface area (Å²) >= 11 is 0. The van der Waals surface area contributed by atoms with E-state index in [1.165, 1.54) is 25.3 Å². The van der Waals surface area contributed by atoms with Crippen LogP contribution in [0.4, 0.5) is 0 Å². The molecule has 5 aliphatic carbocycles. The number of carbonyl (C=O) groups excluding carboxylic acids is 3. The SMILES string of the molecule is CC(=O)OC[C@@]12CC[C@]3(C)[C@H](CC[C@@H]4[C@@]5(C)CCC(OC(C)=O)C(C)(C)[C@@H]5CC[C@]43C)C1=C(C(C)C)C(=O)C2. The molecule has 4 saturated carbocycles. The molecule has 5 aliphatic rings. The van der Waals surface area contributed by atoms with Crippen molar-refractivity contribution in [1.82, 2.24) is 0 Å². The molecule has 5 heteroatoms. The summed E-state index contributed by atoms with van der Waals surface area (Å²) in [6, 6.07) is 0. The van der Waals surface area contributed by atoms with Crippen LogP contribution >= 0.6 is 0 Å². The van der Waals surface area contributed by atoms with E-state index in [0.717, 1.165) is 44.1 Å². The van der Waals surface area contributed by atoms with Crippen LogP contribution in [0.1, 0.15) is 120 Å². The van der Waals surface area contributed by atoms with Crippen LogP contribution in [-0.2, 0) is 23.9 Å². The average Bonchev–Trinajstić information content (AvgIpc) is 3.12. The molecule has 0 aliphatic heterocycles. The number of fused-ring (bicyclic) bond motifs is 7. The van der Waals surface area contributed by atoms with Crippen molar-refractivity contribution in [2.75, 3.05) is 6.61 Å². The van der Waals surface area contributed by atoms with Crippen LogP contribution in [0, 0.1) is 50.7 Å². The van der Waals surface area contributed by atoms with Gasteiger partial charge in [-0.15, -0.1) is 0 Å². The topological polar surface area (TPSA) is 69.7 Å². The van der Waals surface area contributed by atoms with Crippen LogP contribution in [0.15, 0.2) is 11.1 Å². The maximum atomic E-state index is 13.6. The van der Waals surface area contributed by atoms with Crippen LogP contribution < -0.4 is 0 Å². The number of Topliss-reactive ketones (excluding diaryl/α,β-unsaturated/α-hetero) is 1. The largest absolute Gasteiger partial charge is 0.465 e. The van der Waals surface area contributed by atoms with Gasteiger partial charge < -0.3 is 9.47 Å².